The Labute approximate surface area is 347 Å². The largest absolute Gasteiger partial charge is 0.310 e. The average molecular weight is 754 g/mol. The van der Waals surface area contributed by atoms with Crippen molar-refractivity contribution in [2.75, 3.05) is 4.90 Å². The van der Waals surface area contributed by atoms with Crippen LogP contribution in [0.1, 0.15) is 60.1 Å². The normalized spacial score (nSPS) is 15.6. The van der Waals surface area contributed by atoms with Gasteiger partial charge in [-0.05, 0) is 139 Å². The van der Waals surface area contributed by atoms with E-state index in [1.54, 1.807) is 5.57 Å². The van der Waals surface area contributed by atoms with Gasteiger partial charge in [0.05, 0.1) is 5.41 Å². The van der Waals surface area contributed by atoms with Crippen LogP contribution in [-0.2, 0) is 10.8 Å². The van der Waals surface area contributed by atoms with Crippen LogP contribution in [0.2, 0.25) is 0 Å². The molecule has 8 aromatic carbocycles. The lowest BCUT2D eigenvalue weighted by Crippen LogP contribution is -2.25. The monoisotopic (exact) mass is 753 g/mol. The van der Waals surface area contributed by atoms with Crippen LogP contribution < -0.4 is 4.90 Å². The summed E-state index contributed by atoms with van der Waals surface area (Å²) >= 11 is 0. The highest BCUT2D eigenvalue weighted by Gasteiger charge is 2.51. The van der Waals surface area contributed by atoms with Crippen molar-refractivity contribution in [3.8, 4) is 44.5 Å². The molecule has 0 saturated carbocycles. The van der Waals surface area contributed by atoms with Gasteiger partial charge in [-0.2, -0.15) is 0 Å². The fourth-order valence-corrected chi connectivity index (χ4v) is 11.1. The molecule has 0 saturated heterocycles. The number of hydrogen-bond donors (Lipinski definition) is 0. The molecule has 8 aromatic rings. The number of allylic oxidation sites excluding steroid dienone is 4. The Morgan fingerprint density at radius 1 is 0.390 bits per heavy atom. The van der Waals surface area contributed by atoms with Gasteiger partial charge < -0.3 is 4.90 Å². The van der Waals surface area contributed by atoms with E-state index in [4.69, 9.17) is 0 Å². The van der Waals surface area contributed by atoms with Gasteiger partial charge in [-0.3, -0.25) is 0 Å². The van der Waals surface area contributed by atoms with Crippen molar-refractivity contribution in [1.82, 2.24) is 0 Å². The van der Waals surface area contributed by atoms with Gasteiger partial charge in [-0.1, -0.05) is 177 Å². The predicted molar refractivity (Wildman–Crippen MR) is 247 cm³/mol. The fourth-order valence-electron chi connectivity index (χ4n) is 11.1. The maximum atomic E-state index is 2.48. The number of nitrogens with zero attached hydrogens (tertiary/aromatic N) is 1. The first-order valence-corrected chi connectivity index (χ1v) is 21.1. The molecule has 0 heterocycles. The molecule has 0 aliphatic heterocycles. The standard InChI is InChI=1S/C58H43N/c1-57(2)51-20-10-6-16-45(51)49-35-33-44(37-55(49)57)59(42-29-24-39(25-30-42)38-14-4-3-5-15-38)43-31-26-40(27-32-43)41-28-34-50-48-19-9-13-23-54(48)58(56(50)36-41)52-21-11-7-17-46(52)47-18-8-12-22-53(47)58/h3-9,11-19,21-37H,10,20H2,1-2H3. The number of benzene rings is 8. The zero-order valence-corrected chi connectivity index (χ0v) is 33.4. The molecule has 1 spiro atoms. The molecule has 59 heavy (non-hydrogen) atoms. The van der Waals surface area contributed by atoms with Crippen LogP contribution in [0.3, 0.4) is 0 Å². The first-order chi connectivity index (χ1) is 29.0. The average Bonchev–Trinajstić information content (AvgIpc) is 3.85. The van der Waals surface area contributed by atoms with Gasteiger partial charge in [-0.15, -0.1) is 0 Å². The molecule has 1 heteroatoms. The molecular formula is C58H43N. The molecule has 4 aliphatic rings. The first kappa shape index (κ1) is 34.1. The summed E-state index contributed by atoms with van der Waals surface area (Å²) < 4.78 is 0. The lowest BCUT2D eigenvalue weighted by molar-refractivity contribution is 0.607. The van der Waals surface area contributed by atoms with Gasteiger partial charge in [0.15, 0.2) is 0 Å². The lowest BCUT2D eigenvalue weighted by Gasteiger charge is -2.30. The van der Waals surface area contributed by atoms with Crippen LogP contribution in [0.25, 0.3) is 50.1 Å². The number of hydrogen-bond acceptors (Lipinski definition) is 1. The third-order valence-electron chi connectivity index (χ3n) is 13.8. The second-order valence-electron chi connectivity index (χ2n) is 17.1. The first-order valence-electron chi connectivity index (χ1n) is 21.1. The van der Waals surface area contributed by atoms with E-state index in [0.717, 1.165) is 24.2 Å². The van der Waals surface area contributed by atoms with E-state index < -0.39 is 0 Å². The van der Waals surface area contributed by atoms with Crippen molar-refractivity contribution in [3.05, 3.63) is 239 Å². The molecule has 0 N–H and O–H groups in total. The van der Waals surface area contributed by atoms with Gasteiger partial charge >= 0.3 is 0 Å². The summed E-state index contributed by atoms with van der Waals surface area (Å²) in [6, 6.07) is 70.4. The summed E-state index contributed by atoms with van der Waals surface area (Å²) in [6.07, 6.45) is 6.94. The van der Waals surface area contributed by atoms with E-state index in [1.807, 2.05) is 0 Å². The predicted octanol–water partition coefficient (Wildman–Crippen LogP) is 15.2. The molecule has 280 valence electrons. The maximum absolute atomic E-state index is 2.48. The third-order valence-corrected chi connectivity index (χ3v) is 13.8. The minimum Gasteiger partial charge on any atom is -0.310 e. The molecule has 0 amide bonds. The molecule has 1 nitrogen and oxygen atoms in total. The van der Waals surface area contributed by atoms with E-state index in [0.29, 0.717) is 0 Å². The van der Waals surface area contributed by atoms with Gasteiger partial charge in [0.25, 0.3) is 0 Å². The van der Waals surface area contributed by atoms with E-state index >= 15 is 0 Å². The van der Waals surface area contributed by atoms with Crippen molar-refractivity contribution >= 4 is 22.6 Å². The Balaban J connectivity index is 0.976. The van der Waals surface area contributed by atoms with Crippen LogP contribution in [0.15, 0.2) is 206 Å². The fraction of sp³-hybridized carbons (Fsp3) is 0.103. The molecule has 0 fully saturated rings. The second-order valence-corrected chi connectivity index (χ2v) is 17.1. The molecular weight excluding hydrogens is 711 g/mol. The molecule has 0 atom stereocenters. The smallest absolute Gasteiger partial charge is 0.0725 e. The highest BCUT2D eigenvalue weighted by atomic mass is 15.1. The molecule has 0 unspecified atom stereocenters. The SMILES string of the molecule is CC1(C)C2=C(C=CCC2)c2ccc(N(c3ccc(-c4ccccc4)cc3)c3ccc(-c4ccc5c(c4)C4(c6ccccc6-c6ccccc64)c4ccccc4-5)cc3)cc21. The van der Waals surface area contributed by atoms with Crippen molar-refractivity contribution in [2.24, 2.45) is 0 Å². The Kier molecular flexibility index (Phi) is 7.38. The zero-order chi connectivity index (χ0) is 39.3. The minimum absolute atomic E-state index is 0.0108. The lowest BCUT2D eigenvalue weighted by atomic mass is 9.70. The van der Waals surface area contributed by atoms with Gasteiger partial charge in [0.2, 0.25) is 0 Å². The summed E-state index contributed by atoms with van der Waals surface area (Å²) in [4.78, 5) is 2.43. The summed E-state index contributed by atoms with van der Waals surface area (Å²) in [5, 5.41) is 0. The van der Waals surface area contributed by atoms with Gasteiger partial charge in [-0.25, -0.2) is 0 Å². The molecule has 0 aromatic heterocycles. The number of rotatable bonds is 5. The van der Waals surface area contributed by atoms with Crippen molar-refractivity contribution in [2.45, 2.75) is 37.5 Å². The van der Waals surface area contributed by atoms with E-state index in [9.17, 15) is 0 Å². The minimum atomic E-state index is -0.358. The number of fused-ring (bicyclic) bond motifs is 12. The van der Waals surface area contributed by atoms with Crippen molar-refractivity contribution < 1.29 is 0 Å². The molecule has 0 radical (unpaired) electrons. The van der Waals surface area contributed by atoms with Crippen LogP contribution in [0.5, 0.6) is 0 Å². The highest BCUT2D eigenvalue weighted by Crippen LogP contribution is 2.63. The third kappa shape index (κ3) is 4.85. The molecule has 4 aliphatic carbocycles. The van der Waals surface area contributed by atoms with Crippen molar-refractivity contribution in [1.29, 1.82) is 0 Å². The van der Waals surface area contributed by atoms with E-state index in [2.05, 4.69) is 219 Å². The van der Waals surface area contributed by atoms with Crippen LogP contribution >= 0.6 is 0 Å². The van der Waals surface area contributed by atoms with Crippen LogP contribution in [0, 0.1) is 0 Å². The van der Waals surface area contributed by atoms with Gasteiger partial charge in [0, 0.05) is 22.5 Å². The quantitative estimate of drug-likeness (QED) is 0.169. The Morgan fingerprint density at radius 2 is 0.864 bits per heavy atom. The Hall–Kier alpha value is -6.96. The number of anilines is 3. The van der Waals surface area contributed by atoms with E-state index in [-0.39, 0.29) is 10.8 Å². The second kappa shape index (κ2) is 12.8. The molecule has 0 bridgehead atoms. The Morgan fingerprint density at radius 3 is 1.47 bits per heavy atom. The van der Waals surface area contributed by atoms with E-state index in [1.165, 1.54) is 89.1 Å². The summed E-state index contributed by atoms with van der Waals surface area (Å²) in [5.41, 5.74) is 24.6. The van der Waals surface area contributed by atoms with Crippen molar-refractivity contribution in [3.63, 3.8) is 0 Å². The Bertz CT molecular complexity index is 2990. The highest BCUT2D eigenvalue weighted by molar-refractivity contribution is 5.96. The summed E-state index contributed by atoms with van der Waals surface area (Å²) in [6.45, 7) is 4.82. The summed E-state index contributed by atoms with van der Waals surface area (Å²) in [5.74, 6) is 0. The van der Waals surface area contributed by atoms with Gasteiger partial charge in [0.1, 0.15) is 0 Å². The van der Waals surface area contributed by atoms with Crippen LogP contribution in [0.4, 0.5) is 17.1 Å². The molecule has 12 rings (SSSR count). The zero-order valence-electron chi connectivity index (χ0n) is 33.4. The summed E-state index contributed by atoms with van der Waals surface area (Å²) in [7, 11) is 0. The maximum Gasteiger partial charge on any atom is 0.0725 e. The van der Waals surface area contributed by atoms with Crippen LogP contribution in [-0.4, -0.2) is 0 Å². The topological polar surface area (TPSA) is 3.24 Å².